The van der Waals surface area contributed by atoms with Crippen LogP contribution in [0.2, 0.25) is 0 Å². The Hall–Kier alpha value is -10.6. The van der Waals surface area contributed by atoms with Crippen molar-refractivity contribution in [3.63, 3.8) is 0 Å². The van der Waals surface area contributed by atoms with Crippen molar-refractivity contribution >= 4 is 86.8 Å². The highest BCUT2D eigenvalue weighted by atomic mass is 19.1. The van der Waals surface area contributed by atoms with Crippen LogP contribution < -0.4 is 63.1 Å². The third kappa shape index (κ3) is 19.8. The van der Waals surface area contributed by atoms with E-state index >= 15 is 23.2 Å². The van der Waals surface area contributed by atoms with Crippen LogP contribution in [0.1, 0.15) is 101 Å². The number of nitrogens with zero attached hydrogens (tertiary/aromatic N) is 2. The van der Waals surface area contributed by atoms with E-state index in [1.807, 2.05) is 0 Å². The summed E-state index contributed by atoms with van der Waals surface area (Å²) < 4.78 is 57.4. The number of nitrogens with two attached hydrogens (primary N) is 1. The number of hydrogen-bond donors (Lipinski definition) is 13. The van der Waals surface area contributed by atoms with E-state index in [0.717, 1.165) is 10.5 Å². The monoisotopic (exact) mass is 1440 g/mol. The van der Waals surface area contributed by atoms with Gasteiger partial charge >= 0.3 is 0 Å². The largest absolute Gasteiger partial charge is 0.497 e. The molecule has 0 unspecified atom stereocenters. The molecule has 10 rings (SSSR count). The number of methoxy groups -OCH3 is 1. The zero-order valence-electron chi connectivity index (χ0n) is 58.6. The van der Waals surface area contributed by atoms with Crippen LogP contribution in [-0.4, -0.2) is 202 Å². The first kappa shape index (κ1) is 77.6. The number of rotatable bonds is 14. The number of benzene rings is 4. The molecule has 31 heteroatoms. The molecular formula is C73H91F3N14O14. The van der Waals surface area contributed by atoms with Crippen molar-refractivity contribution in [3.8, 4) is 11.5 Å². The maximum Gasteiger partial charge on any atom is 0.246 e. The van der Waals surface area contributed by atoms with E-state index in [-0.39, 0.29) is 81.4 Å². The van der Waals surface area contributed by atoms with Gasteiger partial charge in [0, 0.05) is 79.4 Å². The Labute approximate surface area is 598 Å². The topological polar surface area (TPSA) is 399 Å². The van der Waals surface area contributed by atoms with E-state index in [9.17, 15) is 47.9 Å². The van der Waals surface area contributed by atoms with Crippen molar-refractivity contribution < 1.29 is 80.5 Å². The number of hydrogen-bond acceptors (Lipinski definition) is 15. The summed E-state index contributed by atoms with van der Waals surface area (Å²) in [4.78, 5) is 167. The Bertz CT molecular complexity index is 4100. The lowest BCUT2D eigenvalue weighted by atomic mass is 9.95. The van der Waals surface area contributed by atoms with Crippen LogP contribution in [0, 0.1) is 11.6 Å². The maximum atomic E-state index is 16.2. The van der Waals surface area contributed by atoms with Gasteiger partial charge < -0.3 is 87.9 Å². The summed E-state index contributed by atoms with van der Waals surface area (Å²) in [5.74, 6) is -9.92. The average Bonchev–Trinajstić information content (AvgIpc) is 1.57. The highest BCUT2D eigenvalue weighted by molar-refractivity contribution is 6.01. The molecule has 4 aliphatic heterocycles. The van der Waals surface area contributed by atoms with Gasteiger partial charge in [-0.05, 0) is 149 Å². The number of aromatic amines is 2. The first-order chi connectivity index (χ1) is 49.7. The molecule has 2 aromatic heterocycles. The number of aliphatic hydroxyl groups is 1. The summed E-state index contributed by atoms with van der Waals surface area (Å²) in [5.41, 5.74) is 7.12. The third-order valence-electron chi connectivity index (χ3n) is 19.1. The fourth-order valence-electron chi connectivity index (χ4n) is 13.2. The van der Waals surface area contributed by atoms with Crippen LogP contribution >= 0.6 is 0 Å². The van der Waals surface area contributed by atoms with Crippen LogP contribution in [0.25, 0.3) is 21.8 Å². The predicted octanol–water partition coefficient (Wildman–Crippen LogP) is 1.87. The molecule has 0 spiro atoms. The Kier molecular flexibility index (Phi) is 26.5. The summed E-state index contributed by atoms with van der Waals surface area (Å²) in [5, 5.41) is 35.8. The minimum absolute atomic E-state index is 0.0184. The van der Waals surface area contributed by atoms with Gasteiger partial charge in [-0.3, -0.25) is 52.7 Å². The number of aromatic nitrogens is 2. The number of nitrogens with one attached hydrogen (secondary N) is 11. The second kappa shape index (κ2) is 35.6. The first-order valence-corrected chi connectivity index (χ1v) is 34.9. The molecule has 2 saturated heterocycles. The zero-order chi connectivity index (χ0) is 74.9. The van der Waals surface area contributed by atoms with E-state index in [4.69, 9.17) is 15.2 Å². The molecule has 14 N–H and O–H groups in total. The average molecular weight is 1450 g/mol. The van der Waals surface area contributed by atoms with E-state index in [0.29, 0.717) is 52.7 Å². The van der Waals surface area contributed by atoms with Crippen molar-refractivity contribution in [2.75, 3.05) is 46.4 Å². The minimum Gasteiger partial charge on any atom is -0.497 e. The number of fused-ring (bicyclic) bond motifs is 32. The van der Waals surface area contributed by atoms with Crippen molar-refractivity contribution in [2.45, 2.75) is 171 Å². The summed E-state index contributed by atoms with van der Waals surface area (Å²) in [7, 11) is 1.47. The van der Waals surface area contributed by atoms with E-state index < -0.39 is 175 Å². The SMILES string of the molecule is CCC(=O)N[C@H]1CC(=O)NCCOc2ccc(cc2)CCNC(=O)[C@]2(C)CCCN2C(=O)[C@H](Cc2ccc(OC)cc2)NC(=O)[C@H]([C@@H](C)O)NC(=O)[C@@H]2C[C@H](F)CN2C(=O)[C@H](Cc2c[nH]c3ccc(F)cc23)NC(=O)[C@H](Cc2c[nH]c3ccc(F)cc23)NC(=O)[C@@H](C)NC(=O)[C@H](CCCCN)NC1=O. The Balaban J connectivity index is 1.05. The highest BCUT2D eigenvalue weighted by Crippen LogP contribution is 2.32. The number of amides is 11. The second-order valence-electron chi connectivity index (χ2n) is 26.7. The maximum absolute atomic E-state index is 16.2. The molecule has 4 aromatic carbocycles. The molecule has 0 radical (unpaired) electrons. The van der Waals surface area contributed by atoms with Crippen LogP contribution in [0.3, 0.4) is 0 Å². The number of H-pyrrole nitrogens is 2. The second-order valence-corrected chi connectivity index (χ2v) is 26.7. The van der Waals surface area contributed by atoms with E-state index in [1.165, 1.54) is 81.6 Å². The predicted molar refractivity (Wildman–Crippen MR) is 375 cm³/mol. The lowest BCUT2D eigenvalue weighted by Crippen LogP contribution is -2.63. The Morgan fingerprint density at radius 2 is 1.34 bits per heavy atom. The standard InChI is InChI=1S/C73H91F3N14O14/c1-6-61(92)83-57-36-62(93)78-27-29-104-50-19-11-42(12-20-50)23-26-79-72(102)73(4)24-9-28-90(73)71(101)58(30-43-13-17-49(103-5)18-14-43)87-69(99)63(41(3)91)88-68(98)60-35-48(76)39-89(60)70(100)59(32-45-38-81-54-22-16-47(75)34-52(45)54)86-66(96)56(31-44-37-80-53-21-15-46(74)33-51(44)53)85-64(94)40(2)82-65(95)55(84-67(57)97)10-7-8-25-77/h11-22,33-34,37-38,40-41,48,55-60,63,80-81,91H,6-10,23-32,35-36,39,77H2,1-5H3,(H,78,93)(H,79,102)(H,82,95)(H,83,92)(H,84,97)(H,85,94)(H,86,96)(H,87,99)(H,88,98)/t40-,41-,48+,55+,56+,57+,58+,59+,60+,63+,73+/m1/s1. The van der Waals surface area contributed by atoms with Gasteiger partial charge in [-0.1, -0.05) is 31.2 Å². The molecule has 2 bridgehead atoms. The molecule has 558 valence electrons. The first-order valence-electron chi connectivity index (χ1n) is 34.9. The molecule has 4 aliphatic rings. The van der Waals surface area contributed by atoms with E-state index in [1.54, 1.807) is 55.5 Å². The molecule has 11 atom stereocenters. The minimum atomic E-state index is -1.89. The van der Waals surface area contributed by atoms with Gasteiger partial charge in [-0.15, -0.1) is 0 Å². The Morgan fingerprint density at radius 3 is 1.97 bits per heavy atom. The quantitative estimate of drug-likeness (QED) is 0.0547. The number of unbranched alkanes of at least 4 members (excludes halogenated alkanes) is 1. The van der Waals surface area contributed by atoms with Gasteiger partial charge in [0.25, 0.3) is 0 Å². The number of carbonyl (C=O) groups excluding carboxylic acids is 11. The number of carbonyl (C=O) groups is 11. The number of ether oxygens (including phenoxy) is 2. The molecule has 11 amide bonds. The number of alkyl halides is 1. The fourth-order valence-corrected chi connectivity index (χ4v) is 13.2. The molecular weight excluding hydrogens is 1350 g/mol. The highest BCUT2D eigenvalue weighted by Gasteiger charge is 2.49. The normalized spacial score (nSPS) is 24.8. The third-order valence-corrected chi connectivity index (χ3v) is 19.1. The molecule has 104 heavy (non-hydrogen) atoms. The smallest absolute Gasteiger partial charge is 0.246 e. The van der Waals surface area contributed by atoms with Crippen molar-refractivity contribution in [1.82, 2.24) is 67.6 Å². The molecule has 0 aliphatic carbocycles. The van der Waals surface area contributed by atoms with Gasteiger partial charge in [0.05, 0.1) is 32.7 Å². The van der Waals surface area contributed by atoms with Crippen LogP contribution in [-0.2, 0) is 78.4 Å². The van der Waals surface area contributed by atoms with Gasteiger partial charge in [0.1, 0.15) is 89.8 Å². The molecule has 0 saturated carbocycles. The van der Waals surface area contributed by atoms with Gasteiger partial charge in [-0.25, -0.2) is 13.2 Å². The Morgan fingerprint density at radius 1 is 0.721 bits per heavy atom. The number of aliphatic hydroxyl groups excluding tert-OH is 1. The molecule has 28 nitrogen and oxygen atoms in total. The van der Waals surface area contributed by atoms with Crippen LogP contribution in [0.4, 0.5) is 13.2 Å². The lowest BCUT2D eigenvalue weighted by molar-refractivity contribution is -0.147. The van der Waals surface area contributed by atoms with E-state index in [2.05, 4.69) is 57.8 Å². The summed E-state index contributed by atoms with van der Waals surface area (Å²) in [6, 6.07) is 8.31. The van der Waals surface area contributed by atoms with Crippen LogP contribution in [0.15, 0.2) is 97.3 Å². The van der Waals surface area contributed by atoms with Gasteiger partial charge in [0.2, 0.25) is 65.0 Å². The lowest BCUT2D eigenvalue weighted by Gasteiger charge is -2.37. The van der Waals surface area contributed by atoms with Crippen molar-refractivity contribution in [2.24, 2.45) is 5.73 Å². The number of halogens is 3. The van der Waals surface area contributed by atoms with Crippen molar-refractivity contribution in [3.05, 3.63) is 131 Å². The summed E-state index contributed by atoms with van der Waals surface area (Å²) >= 11 is 0. The molecule has 6 heterocycles. The summed E-state index contributed by atoms with van der Waals surface area (Å²) in [6.07, 6.45) is -1.34. The zero-order valence-corrected chi connectivity index (χ0v) is 58.6. The van der Waals surface area contributed by atoms with Crippen molar-refractivity contribution in [1.29, 1.82) is 0 Å². The molecule has 2 fully saturated rings. The molecule has 6 aromatic rings. The fraction of sp³-hybridized carbons (Fsp3) is 0.466. The van der Waals surface area contributed by atoms with Gasteiger partial charge in [0.15, 0.2) is 0 Å². The van der Waals surface area contributed by atoms with Gasteiger partial charge in [-0.2, -0.15) is 0 Å². The van der Waals surface area contributed by atoms with Crippen LogP contribution in [0.5, 0.6) is 11.5 Å². The summed E-state index contributed by atoms with van der Waals surface area (Å²) in [6.45, 7) is 5.29.